The number of carboxylic acid groups (broad SMARTS) is 1. The normalized spacial score (nSPS) is 26.6. The van der Waals surface area contributed by atoms with Gasteiger partial charge in [0.25, 0.3) is 0 Å². The van der Waals surface area contributed by atoms with Gasteiger partial charge in [-0.3, -0.25) is 4.79 Å². The summed E-state index contributed by atoms with van der Waals surface area (Å²) in [4.78, 5) is 10.5. The lowest BCUT2D eigenvalue weighted by Crippen LogP contribution is -2.40. The van der Waals surface area contributed by atoms with Gasteiger partial charge in [-0.15, -0.1) is 0 Å². The molecule has 0 fully saturated rings. The van der Waals surface area contributed by atoms with Crippen LogP contribution in [0.2, 0.25) is 0 Å². The molecule has 0 aromatic rings. The summed E-state index contributed by atoms with van der Waals surface area (Å²) in [6.07, 6.45) is 3.92. The summed E-state index contributed by atoms with van der Waals surface area (Å²) in [7, 11) is 0. The minimum atomic E-state index is -2.26. The van der Waals surface area contributed by atoms with E-state index >= 15 is 0 Å². The number of carboxylic acids is 1. The van der Waals surface area contributed by atoms with Crippen LogP contribution in [0.1, 0.15) is 6.92 Å². The van der Waals surface area contributed by atoms with Gasteiger partial charge in [0.1, 0.15) is 5.92 Å². The molecule has 0 saturated heterocycles. The van der Waals surface area contributed by atoms with Crippen molar-refractivity contribution >= 4 is 5.97 Å². The Morgan fingerprint density at radius 1 is 1.58 bits per heavy atom. The van der Waals surface area contributed by atoms with Crippen molar-refractivity contribution in [1.29, 1.82) is 0 Å². The summed E-state index contributed by atoms with van der Waals surface area (Å²) in [6, 6.07) is 0. The number of carbonyl (C=O) groups is 1. The van der Waals surface area contributed by atoms with Gasteiger partial charge in [0, 0.05) is 0 Å². The Morgan fingerprint density at radius 3 is 2.58 bits per heavy atom. The van der Waals surface area contributed by atoms with E-state index < -0.39 is 17.7 Å². The molecule has 0 saturated carbocycles. The van der Waals surface area contributed by atoms with Gasteiger partial charge < -0.3 is 15.3 Å². The third kappa shape index (κ3) is 1.54. The summed E-state index contributed by atoms with van der Waals surface area (Å²) >= 11 is 0. The second-order valence-corrected chi connectivity index (χ2v) is 2.85. The number of hydrogen-bond donors (Lipinski definition) is 3. The van der Waals surface area contributed by atoms with Crippen LogP contribution in [0.5, 0.6) is 0 Å². The highest BCUT2D eigenvalue weighted by Crippen LogP contribution is 2.24. The molecule has 0 heterocycles. The molecule has 0 amide bonds. The molecular formula is C8H10O4. The lowest BCUT2D eigenvalue weighted by molar-refractivity contribution is -0.176. The predicted molar refractivity (Wildman–Crippen MR) is 41.2 cm³/mol. The molecule has 4 nitrogen and oxygen atoms in total. The summed E-state index contributed by atoms with van der Waals surface area (Å²) in [5.41, 5.74) is 0.637. The molecule has 0 radical (unpaired) electrons. The van der Waals surface area contributed by atoms with Crippen molar-refractivity contribution in [3.05, 3.63) is 23.8 Å². The average molecular weight is 170 g/mol. The molecular weight excluding hydrogens is 160 g/mol. The number of aliphatic carboxylic acids is 1. The quantitative estimate of drug-likeness (QED) is 0.479. The number of allylic oxidation sites excluding steroid dienone is 2. The fraction of sp³-hybridized carbons (Fsp3) is 0.375. The fourth-order valence-corrected chi connectivity index (χ4v) is 1.13. The number of aliphatic hydroxyl groups is 2. The van der Waals surface area contributed by atoms with E-state index in [1.165, 1.54) is 6.08 Å². The Hall–Kier alpha value is -1.13. The van der Waals surface area contributed by atoms with Crippen LogP contribution < -0.4 is 0 Å². The van der Waals surface area contributed by atoms with E-state index in [2.05, 4.69) is 0 Å². The van der Waals surface area contributed by atoms with Crippen molar-refractivity contribution in [3.63, 3.8) is 0 Å². The third-order valence-electron chi connectivity index (χ3n) is 1.72. The van der Waals surface area contributed by atoms with Crippen LogP contribution >= 0.6 is 0 Å². The SMILES string of the molecule is CC1=CC(O)(O)C(C(=O)O)C=C1. The van der Waals surface area contributed by atoms with Gasteiger partial charge in [0.05, 0.1) is 0 Å². The van der Waals surface area contributed by atoms with E-state index in [1.807, 2.05) is 0 Å². The van der Waals surface area contributed by atoms with E-state index in [0.29, 0.717) is 5.57 Å². The van der Waals surface area contributed by atoms with Crippen molar-refractivity contribution < 1.29 is 20.1 Å². The molecule has 12 heavy (non-hydrogen) atoms. The first-order valence-corrected chi connectivity index (χ1v) is 3.48. The van der Waals surface area contributed by atoms with Crippen molar-refractivity contribution in [1.82, 2.24) is 0 Å². The Balaban J connectivity index is 2.96. The molecule has 1 rings (SSSR count). The molecule has 0 aromatic carbocycles. The molecule has 3 N–H and O–H groups in total. The van der Waals surface area contributed by atoms with E-state index in [4.69, 9.17) is 5.11 Å². The molecule has 66 valence electrons. The number of rotatable bonds is 1. The summed E-state index contributed by atoms with van der Waals surface area (Å²) < 4.78 is 0. The molecule has 1 atom stereocenters. The molecule has 0 spiro atoms. The maximum absolute atomic E-state index is 10.5. The average Bonchev–Trinajstić information content (AvgIpc) is 1.82. The van der Waals surface area contributed by atoms with Crippen LogP contribution in [0.25, 0.3) is 0 Å². The monoisotopic (exact) mass is 170 g/mol. The van der Waals surface area contributed by atoms with Crippen LogP contribution in [0.15, 0.2) is 23.8 Å². The van der Waals surface area contributed by atoms with Crippen LogP contribution in [0.3, 0.4) is 0 Å². The van der Waals surface area contributed by atoms with Gasteiger partial charge in [-0.25, -0.2) is 0 Å². The molecule has 0 aliphatic heterocycles. The topological polar surface area (TPSA) is 77.8 Å². The zero-order chi connectivity index (χ0) is 9.35. The van der Waals surface area contributed by atoms with Crippen LogP contribution in [0, 0.1) is 5.92 Å². The lowest BCUT2D eigenvalue weighted by atomic mass is 9.91. The van der Waals surface area contributed by atoms with Gasteiger partial charge in [0.15, 0.2) is 0 Å². The van der Waals surface area contributed by atoms with E-state index in [9.17, 15) is 15.0 Å². The van der Waals surface area contributed by atoms with Crippen molar-refractivity contribution in [2.45, 2.75) is 12.7 Å². The third-order valence-corrected chi connectivity index (χ3v) is 1.72. The van der Waals surface area contributed by atoms with E-state index in [0.717, 1.165) is 6.08 Å². The second-order valence-electron chi connectivity index (χ2n) is 2.85. The maximum Gasteiger partial charge on any atom is 0.316 e. The molecule has 1 unspecified atom stereocenters. The van der Waals surface area contributed by atoms with E-state index in [1.54, 1.807) is 13.0 Å². The highest BCUT2D eigenvalue weighted by atomic mass is 16.5. The Morgan fingerprint density at radius 2 is 2.17 bits per heavy atom. The number of hydrogen-bond acceptors (Lipinski definition) is 3. The maximum atomic E-state index is 10.5. The minimum Gasteiger partial charge on any atom is -0.481 e. The van der Waals surface area contributed by atoms with Gasteiger partial charge in [-0.2, -0.15) is 0 Å². The first-order chi connectivity index (χ1) is 5.43. The lowest BCUT2D eigenvalue weighted by Gasteiger charge is -2.26. The molecule has 0 bridgehead atoms. The largest absolute Gasteiger partial charge is 0.481 e. The molecule has 1 aliphatic rings. The van der Waals surface area contributed by atoms with Gasteiger partial charge in [0.2, 0.25) is 5.79 Å². The highest BCUT2D eigenvalue weighted by molar-refractivity contribution is 5.74. The van der Waals surface area contributed by atoms with Crippen molar-refractivity contribution in [3.8, 4) is 0 Å². The van der Waals surface area contributed by atoms with Crippen LogP contribution in [-0.2, 0) is 4.79 Å². The predicted octanol–water partition coefficient (Wildman–Crippen LogP) is -0.116. The van der Waals surface area contributed by atoms with Crippen LogP contribution in [-0.4, -0.2) is 27.1 Å². The molecule has 0 aromatic heterocycles. The summed E-state index contributed by atoms with van der Waals surface area (Å²) in [5, 5.41) is 27.0. The Labute approximate surface area is 69.5 Å². The molecule has 1 aliphatic carbocycles. The Bertz CT molecular complexity index is 262. The van der Waals surface area contributed by atoms with Gasteiger partial charge in [-0.1, -0.05) is 17.7 Å². The first kappa shape index (κ1) is 8.96. The first-order valence-electron chi connectivity index (χ1n) is 3.48. The zero-order valence-electron chi connectivity index (χ0n) is 6.56. The van der Waals surface area contributed by atoms with Gasteiger partial charge in [-0.05, 0) is 13.0 Å². The smallest absolute Gasteiger partial charge is 0.316 e. The molecule has 4 heteroatoms. The second kappa shape index (κ2) is 2.73. The fourth-order valence-electron chi connectivity index (χ4n) is 1.13. The van der Waals surface area contributed by atoms with Crippen molar-refractivity contribution in [2.75, 3.05) is 0 Å². The van der Waals surface area contributed by atoms with E-state index in [-0.39, 0.29) is 0 Å². The summed E-state index contributed by atoms with van der Waals surface area (Å²) in [6.45, 7) is 1.66. The Kier molecular flexibility index (Phi) is 2.04. The van der Waals surface area contributed by atoms with Gasteiger partial charge >= 0.3 is 5.97 Å². The van der Waals surface area contributed by atoms with Crippen molar-refractivity contribution in [2.24, 2.45) is 5.92 Å². The highest BCUT2D eigenvalue weighted by Gasteiger charge is 2.37. The zero-order valence-corrected chi connectivity index (χ0v) is 6.56. The van der Waals surface area contributed by atoms with Crippen LogP contribution in [0.4, 0.5) is 0 Å². The standard InChI is InChI=1S/C8H10O4/c1-5-2-3-6(7(9)10)8(11,12)4-5/h2-4,6,11-12H,1H3,(H,9,10). The summed E-state index contributed by atoms with van der Waals surface area (Å²) in [5.74, 6) is -4.79. The minimum absolute atomic E-state index is 0.637.